The van der Waals surface area contributed by atoms with Crippen LogP contribution in [0.1, 0.15) is 24.6 Å². The molecule has 2 N–H and O–H groups in total. The Morgan fingerprint density at radius 1 is 1.31 bits per heavy atom. The van der Waals surface area contributed by atoms with Crippen molar-refractivity contribution in [3.63, 3.8) is 0 Å². The first-order valence-electron chi connectivity index (χ1n) is 9.94. The van der Waals surface area contributed by atoms with Gasteiger partial charge in [-0.25, -0.2) is 23.4 Å². The molecule has 0 aliphatic carbocycles. The summed E-state index contributed by atoms with van der Waals surface area (Å²) in [5.74, 6) is 4.32. The topological polar surface area (TPSA) is 99.2 Å². The summed E-state index contributed by atoms with van der Waals surface area (Å²) < 4.78 is 33.6. The predicted molar refractivity (Wildman–Crippen MR) is 114 cm³/mol. The highest BCUT2D eigenvalue weighted by molar-refractivity contribution is 5.90. The number of nitrogens with two attached hydrogens (primary N) is 1. The highest BCUT2D eigenvalue weighted by atomic mass is 19.1. The number of halogens is 2. The van der Waals surface area contributed by atoms with Crippen molar-refractivity contribution in [2.45, 2.75) is 18.9 Å². The quantitative estimate of drug-likeness (QED) is 0.496. The maximum atomic E-state index is 13.3. The molecule has 32 heavy (non-hydrogen) atoms. The fourth-order valence-electron chi connectivity index (χ4n) is 3.67. The van der Waals surface area contributed by atoms with Crippen molar-refractivity contribution in [2.24, 2.45) is 0 Å². The van der Waals surface area contributed by atoms with Crippen LogP contribution in [0.25, 0.3) is 11.0 Å². The summed E-state index contributed by atoms with van der Waals surface area (Å²) in [6.07, 6.45) is 4.27. The molecule has 8 nitrogen and oxygen atoms in total. The van der Waals surface area contributed by atoms with Gasteiger partial charge in [-0.1, -0.05) is 12.5 Å². The normalized spacial score (nSPS) is 15.8. The van der Waals surface area contributed by atoms with Gasteiger partial charge in [-0.2, -0.15) is 5.10 Å². The molecular weight excluding hydrogens is 418 g/mol. The molecule has 4 rings (SSSR count). The first-order valence-corrected chi connectivity index (χ1v) is 9.94. The number of fused-ring (bicyclic) bond motifs is 1. The number of hydrogen-bond donors (Lipinski definition) is 1. The van der Waals surface area contributed by atoms with Gasteiger partial charge in [-0.05, 0) is 24.8 Å². The number of amides is 1. The third-order valence-electron chi connectivity index (χ3n) is 5.10. The molecular formula is C22H20F2N6O2. The largest absolute Gasteiger partial charge is 0.481 e. The molecule has 1 amide bonds. The van der Waals surface area contributed by atoms with Crippen molar-refractivity contribution >= 4 is 22.8 Å². The highest BCUT2D eigenvalue weighted by Crippen LogP contribution is 2.28. The Labute approximate surface area is 182 Å². The minimum absolute atomic E-state index is 0.0317. The monoisotopic (exact) mass is 438 g/mol. The number of nitrogen functional groups attached to an aromatic ring is 1. The molecule has 1 fully saturated rings. The lowest BCUT2D eigenvalue weighted by molar-refractivity contribution is -0.127. The summed E-state index contributed by atoms with van der Waals surface area (Å²) in [6, 6.07) is 2.79. The van der Waals surface area contributed by atoms with E-state index < -0.39 is 11.6 Å². The van der Waals surface area contributed by atoms with E-state index >= 15 is 0 Å². The van der Waals surface area contributed by atoms with Crippen LogP contribution in [0.15, 0.2) is 37.2 Å². The van der Waals surface area contributed by atoms with Crippen molar-refractivity contribution in [2.75, 3.05) is 25.4 Å². The van der Waals surface area contributed by atoms with Gasteiger partial charge < -0.3 is 15.4 Å². The van der Waals surface area contributed by atoms with Crippen molar-refractivity contribution < 1.29 is 18.3 Å². The average Bonchev–Trinajstić information content (AvgIpc) is 3.15. The van der Waals surface area contributed by atoms with Crippen LogP contribution in [0.5, 0.6) is 5.75 Å². The number of ether oxygens (including phenoxy) is 1. The van der Waals surface area contributed by atoms with Gasteiger partial charge in [0.2, 0.25) is 5.91 Å². The van der Waals surface area contributed by atoms with Crippen LogP contribution in [0.2, 0.25) is 0 Å². The van der Waals surface area contributed by atoms with E-state index in [0.29, 0.717) is 29.8 Å². The summed E-state index contributed by atoms with van der Waals surface area (Å²) in [5, 5.41) is 5.09. The molecule has 3 heterocycles. The Balaban J connectivity index is 1.60. The molecule has 2 aromatic heterocycles. The Bertz CT molecular complexity index is 1230. The minimum atomic E-state index is -0.737. The third kappa shape index (κ3) is 4.37. The van der Waals surface area contributed by atoms with Gasteiger partial charge in [-0.15, -0.1) is 0 Å². The summed E-state index contributed by atoms with van der Waals surface area (Å²) >= 11 is 0. The second-order valence-electron chi connectivity index (χ2n) is 7.23. The number of carbonyl (C=O) groups excluding carboxylic acids is 1. The number of anilines is 1. The SMILES string of the molecule is C=CC(=O)N1CCC[C@@H](n2nc(C#CCOc3cc(F)cc(F)c3)c3c(N)ncnc32)C1. The number of piperidine rings is 1. The Kier molecular flexibility index (Phi) is 5.98. The number of rotatable bonds is 4. The molecule has 10 heteroatoms. The number of hydrogen-bond acceptors (Lipinski definition) is 6. The zero-order valence-electron chi connectivity index (χ0n) is 17.1. The lowest BCUT2D eigenvalue weighted by Crippen LogP contribution is -2.40. The smallest absolute Gasteiger partial charge is 0.246 e. The second kappa shape index (κ2) is 9.01. The van der Waals surface area contributed by atoms with Crippen molar-refractivity contribution in [1.82, 2.24) is 24.6 Å². The molecule has 0 unspecified atom stereocenters. The van der Waals surface area contributed by atoms with E-state index in [4.69, 9.17) is 10.5 Å². The van der Waals surface area contributed by atoms with Crippen molar-refractivity contribution in [3.05, 3.63) is 54.5 Å². The summed E-state index contributed by atoms with van der Waals surface area (Å²) in [5.41, 5.74) is 6.94. The number of aromatic nitrogens is 4. The van der Waals surface area contributed by atoms with Gasteiger partial charge in [0.25, 0.3) is 0 Å². The van der Waals surface area contributed by atoms with Crippen LogP contribution in [-0.4, -0.2) is 50.3 Å². The minimum Gasteiger partial charge on any atom is -0.481 e. The predicted octanol–water partition coefficient (Wildman–Crippen LogP) is 2.47. The van der Waals surface area contributed by atoms with E-state index in [1.54, 1.807) is 9.58 Å². The number of nitrogens with zero attached hydrogens (tertiary/aromatic N) is 5. The fraction of sp³-hybridized carbons (Fsp3) is 0.273. The first kappa shape index (κ1) is 21.2. The molecule has 0 bridgehead atoms. The number of carbonyl (C=O) groups is 1. The highest BCUT2D eigenvalue weighted by Gasteiger charge is 2.27. The van der Waals surface area contributed by atoms with Gasteiger partial charge in [0.15, 0.2) is 5.65 Å². The molecule has 1 aromatic carbocycles. The molecule has 1 aliphatic rings. The average molecular weight is 438 g/mol. The van der Waals surface area contributed by atoms with E-state index in [2.05, 4.69) is 33.5 Å². The molecule has 164 valence electrons. The summed E-state index contributed by atoms with van der Waals surface area (Å²) in [7, 11) is 0. The van der Waals surface area contributed by atoms with Gasteiger partial charge in [0.05, 0.1) is 11.4 Å². The van der Waals surface area contributed by atoms with Gasteiger partial charge in [0.1, 0.15) is 41.8 Å². The molecule has 0 saturated carbocycles. The van der Waals surface area contributed by atoms with E-state index in [9.17, 15) is 13.6 Å². The van der Waals surface area contributed by atoms with Crippen molar-refractivity contribution in [3.8, 4) is 17.6 Å². The third-order valence-corrected chi connectivity index (χ3v) is 5.10. The van der Waals surface area contributed by atoms with Crippen molar-refractivity contribution in [1.29, 1.82) is 0 Å². The van der Waals surface area contributed by atoms with Crippen LogP contribution >= 0.6 is 0 Å². The van der Waals surface area contributed by atoms with Gasteiger partial charge in [-0.3, -0.25) is 4.79 Å². The molecule has 1 saturated heterocycles. The lowest BCUT2D eigenvalue weighted by Gasteiger charge is -2.32. The lowest BCUT2D eigenvalue weighted by atomic mass is 10.1. The maximum absolute atomic E-state index is 13.3. The van der Waals surface area contributed by atoms with E-state index in [0.717, 1.165) is 31.0 Å². The van der Waals surface area contributed by atoms with Crippen LogP contribution in [0, 0.1) is 23.5 Å². The first-order chi connectivity index (χ1) is 15.5. The number of benzene rings is 1. The van der Waals surface area contributed by atoms with Crippen LogP contribution in [-0.2, 0) is 4.79 Å². The molecule has 0 spiro atoms. The van der Waals surface area contributed by atoms with Crippen LogP contribution < -0.4 is 10.5 Å². The van der Waals surface area contributed by atoms with Crippen LogP contribution in [0.3, 0.4) is 0 Å². The molecule has 3 aromatic rings. The number of likely N-dealkylation sites (tertiary alicyclic amines) is 1. The standard InChI is InChI=1S/C22H20F2N6O2/c1-2-19(31)29-7-3-5-16(12-29)30-22-20(21(25)26-13-27-22)18(28-30)6-4-8-32-17-10-14(23)9-15(24)11-17/h2,9-11,13,16H,1,3,5,7-8,12H2,(H2,25,26,27)/t16-/m1/s1. The Morgan fingerprint density at radius 3 is 2.84 bits per heavy atom. The van der Waals surface area contributed by atoms with E-state index in [1.807, 2.05) is 0 Å². The summed E-state index contributed by atoms with van der Waals surface area (Å²) in [4.78, 5) is 22.1. The second-order valence-corrected chi connectivity index (χ2v) is 7.23. The van der Waals surface area contributed by atoms with E-state index in [1.165, 1.54) is 12.4 Å². The Morgan fingerprint density at radius 2 is 2.09 bits per heavy atom. The summed E-state index contributed by atoms with van der Waals surface area (Å²) in [6.45, 7) is 4.55. The van der Waals surface area contributed by atoms with Gasteiger partial charge in [0, 0.05) is 31.3 Å². The fourth-order valence-corrected chi connectivity index (χ4v) is 3.67. The molecule has 1 atom stereocenters. The maximum Gasteiger partial charge on any atom is 0.246 e. The zero-order valence-corrected chi connectivity index (χ0v) is 17.1. The molecule has 1 aliphatic heterocycles. The van der Waals surface area contributed by atoms with Gasteiger partial charge >= 0.3 is 0 Å². The van der Waals surface area contributed by atoms with E-state index in [-0.39, 0.29) is 30.1 Å². The Hall–Kier alpha value is -4.00. The van der Waals surface area contributed by atoms with Crippen LogP contribution in [0.4, 0.5) is 14.6 Å². The molecule has 0 radical (unpaired) electrons. The zero-order chi connectivity index (χ0) is 22.7.